The van der Waals surface area contributed by atoms with Crippen molar-refractivity contribution in [3.05, 3.63) is 24.4 Å². The maximum atomic E-state index is 11.5. The highest BCUT2D eigenvalue weighted by Crippen LogP contribution is 2.37. The first-order chi connectivity index (χ1) is 8.28. The van der Waals surface area contributed by atoms with Crippen molar-refractivity contribution in [2.45, 2.75) is 25.3 Å². The van der Waals surface area contributed by atoms with Crippen LogP contribution < -0.4 is 5.32 Å². The fourth-order valence-electron chi connectivity index (χ4n) is 3.51. The van der Waals surface area contributed by atoms with E-state index in [0.29, 0.717) is 24.2 Å². The quantitative estimate of drug-likeness (QED) is 0.729. The van der Waals surface area contributed by atoms with Gasteiger partial charge in [-0.3, -0.25) is 4.79 Å². The number of fused-ring (bicyclic) bond motifs is 4. The van der Waals surface area contributed by atoms with E-state index in [4.69, 9.17) is 0 Å². The molecule has 17 heavy (non-hydrogen) atoms. The third kappa shape index (κ3) is 1.93. The van der Waals surface area contributed by atoms with Crippen LogP contribution >= 0.6 is 0 Å². The third-order valence-corrected chi connectivity index (χ3v) is 4.38. The lowest BCUT2D eigenvalue weighted by Crippen LogP contribution is -2.55. The van der Waals surface area contributed by atoms with Gasteiger partial charge in [0, 0.05) is 49.8 Å². The first-order valence-electron chi connectivity index (χ1n) is 6.61. The standard InChI is InChI=1S/C14H20N2O/c1-2-3-13-11-6-10(8-15-13)14-7-12(17)4-5-16(14)9-11/h2,7,10-11,13,15H,1,3-6,8-9H2/t10-,11+,13+/m1/s1. The summed E-state index contributed by atoms with van der Waals surface area (Å²) in [5.74, 6) is 1.58. The summed E-state index contributed by atoms with van der Waals surface area (Å²) in [5, 5.41) is 3.62. The van der Waals surface area contributed by atoms with Gasteiger partial charge in [-0.2, -0.15) is 0 Å². The van der Waals surface area contributed by atoms with Gasteiger partial charge in [0.15, 0.2) is 5.78 Å². The number of piperidine rings is 2. The normalized spacial score (nSPS) is 36.2. The molecule has 0 amide bonds. The van der Waals surface area contributed by atoms with Crippen molar-refractivity contribution in [1.29, 1.82) is 0 Å². The Hall–Kier alpha value is -1.09. The molecule has 2 saturated heterocycles. The number of allylic oxidation sites excluding steroid dienone is 1. The summed E-state index contributed by atoms with van der Waals surface area (Å²) in [6, 6.07) is 0.586. The fourth-order valence-corrected chi connectivity index (χ4v) is 3.51. The van der Waals surface area contributed by atoms with Crippen molar-refractivity contribution < 1.29 is 4.79 Å². The Morgan fingerprint density at radius 1 is 1.59 bits per heavy atom. The number of rotatable bonds is 2. The van der Waals surface area contributed by atoms with Gasteiger partial charge in [0.1, 0.15) is 0 Å². The van der Waals surface area contributed by atoms with Crippen molar-refractivity contribution >= 4 is 5.78 Å². The van der Waals surface area contributed by atoms with Crippen LogP contribution in [0.25, 0.3) is 0 Å². The first-order valence-corrected chi connectivity index (χ1v) is 6.61. The van der Waals surface area contributed by atoms with Crippen LogP contribution in [0.15, 0.2) is 24.4 Å². The molecular formula is C14H20N2O. The van der Waals surface area contributed by atoms with Crippen LogP contribution in [0.3, 0.4) is 0 Å². The van der Waals surface area contributed by atoms with Gasteiger partial charge in [0.2, 0.25) is 0 Å². The second-order valence-corrected chi connectivity index (χ2v) is 5.46. The maximum Gasteiger partial charge on any atom is 0.159 e. The topological polar surface area (TPSA) is 32.3 Å². The van der Waals surface area contributed by atoms with Crippen LogP contribution in [0.2, 0.25) is 0 Å². The Bertz CT molecular complexity index is 374. The highest BCUT2D eigenvalue weighted by atomic mass is 16.1. The maximum absolute atomic E-state index is 11.5. The summed E-state index contributed by atoms with van der Waals surface area (Å²) >= 11 is 0. The van der Waals surface area contributed by atoms with E-state index in [-0.39, 0.29) is 0 Å². The monoisotopic (exact) mass is 232 g/mol. The second kappa shape index (κ2) is 4.30. The van der Waals surface area contributed by atoms with Crippen LogP contribution in [0.5, 0.6) is 0 Å². The predicted octanol–water partition coefficient (Wildman–Crippen LogP) is 1.33. The smallest absolute Gasteiger partial charge is 0.159 e. The van der Waals surface area contributed by atoms with E-state index in [9.17, 15) is 4.79 Å². The number of carbonyl (C=O) groups is 1. The molecule has 3 heterocycles. The summed E-state index contributed by atoms with van der Waals surface area (Å²) in [6.45, 7) is 6.90. The molecule has 3 atom stereocenters. The summed E-state index contributed by atoms with van der Waals surface area (Å²) in [4.78, 5) is 14.0. The Balaban J connectivity index is 1.80. The van der Waals surface area contributed by atoms with E-state index in [2.05, 4.69) is 16.8 Å². The Morgan fingerprint density at radius 3 is 3.29 bits per heavy atom. The SMILES string of the molecule is C=CC[C@@H]1NC[C@H]2C[C@H]1CN1CCC(=O)C=C21. The van der Waals surface area contributed by atoms with Crippen LogP contribution in [0.4, 0.5) is 0 Å². The average Bonchev–Trinajstić information content (AvgIpc) is 2.34. The fraction of sp³-hybridized carbons (Fsp3) is 0.643. The van der Waals surface area contributed by atoms with Crippen LogP contribution in [-0.2, 0) is 4.79 Å². The molecule has 0 aromatic rings. The number of nitrogens with one attached hydrogen (secondary N) is 1. The zero-order valence-corrected chi connectivity index (χ0v) is 10.2. The van der Waals surface area contributed by atoms with Gasteiger partial charge < -0.3 is 10.2 Å². The molecule has 0 aliphatic carbocycles. The average molecular weight is 232 g/mol. The van der Waals surface area contributed by atoms with E-state index < -0.39 is 0 Å². The predicted molar refractivity (Wildman–Crippen MR) is 67.5 cm³/mol. The molecule has 0 radical (unpaired) electrons. The lowest BCUT2D eigenvalue weighted by atomic mass is 9.76. The Morgan fingerprint density at radius 2 is 2.47 bits per heavy atom. The van der Waals surface area contributed by atoms with Crippen molar-refractivity contribution in [3.8, 4) is 0 Å². The molecule has 92 valence electrons. The minimum atomic E-state index is 0.308. The molecule has 1 N–H and O–H groups in total. The van der Waals surface area contributed by atoms with E-state index in [1.165, 1.54) is 12.1 Å². The molecule has 0 aromatic carbocycles. The highest BCUT2D eigenvalue weighted by molar-refractivity contribution is 5.91. The number of hydrogen-bond acceptors (Lipinski definition) is 3. The van der Waals surface area contributed by atoms with Crippen molar-refractivity contribution in [2.75, 3.05) is 19.6 Å². The molecule has 0 unspecified atom stereocenters. The number of hydrogen-bond donors (Lipinski definition) is 1. The molecule has 3 heteroatoms. The van der Waals surface area contributed by atoms with Gasteiger partial charge in [-0.1, -0.05) is 6.08 Å². The molecule has 0 spiro atoms. The van der Waals surface area contributed by atoms with Crippen molar-refractivity contribution in [1.82, 2.24) is 10.2 Å². The molecule has 0 aromatic heterocycles. The van der Waals surface area contributed by atoms with E-state index in [1.54, 1.807) is 0 Å². The minimum Gasteiger partial charge on any atom is -0.374 e. The molecule has 3 aliphatic rings. The lowest BCUT2D eigenvalue weighted by Gasteiger charge is -2.49. The molecule has 3 nitrogen and oxygen atoms in total. The van der Waals surface area contributed by atoms with E-state index in [0.717, 1.165) is 32.0 Å². The van der Waals surface area contributed by atoms with Crippen LogP contribution in [0, 0.1) is 11.8 Å². The summed E-state index contributed by atoms with van der Waals surface area (Å²) in [6.07, 6.45) is 6.90. The third-order valence-electron chi connectivity index (χ3n) is 4.38. The van der Waals surface area contributed by atoms with Crippen molar-refractivity contribution in [3.63, 3.8) is 0 Å². The van der Waals surface area contributed by atoms with Gasteiger partial charge >= 0.3 is 0 Å². The lowest BCUT2D eigenvalue weighted by molar-refractivity contribution is -0.116. The first kappa shape index (κ1) is 11.0. The number of nitrogens with zero attached hydrogens (tertiary/aromatic N) is 1. The molecule has 2 bridgehead atoms. The summed E-state index contributed by atoms with van der Waals surface area (Å²) in [5.41, 5.74) is 1.29. The second-order valence-electron chi connectivity index (χ2n) is 5.46. The van der Waals surface area contributed by atoms with Gasteiger partial charge in [0.05, 0.1) is 0 Å². The van der Waals surface area contributed by atoms with E-state index in [1.807, 2.05) is 12.2 Å². The van der Waals surface area contributed by atoms with Gasteiger partial charge in [-0.15, -0.1) is 6.58 Å². The zero-order valence-electron chi connectivity index (χ0n) is 10.2. The molecule has 3 rings (SSSR count). The molecule has 3 aliphatic heterocycles. The Labute approximate surface area is 103 Å². The molecule has 0 saturated carbocycles. The molecular weight excluding hydrogens is 212 g/mol. The van der Waals surface area contributed by atoms with E-state index >= 15 is 0 Å². The largest absolute Gasteiger partial charge is 0.374 e. The number of carbonyl (C=O) groups excluding carboxylic acids is 1. The van der Waals surface area contributed by atoms with Gasteiger partial charge in [-0.25, -0.2) is 0 Å². The van der Waals surface area contributed by atoms with Crippen LogP contribution in [0.1, 0.15) is 19.3 Å². The van der Waals surface area contributed by atoms with Gasteiger partial charge in [-0.05, 0) is 18.8 Å². The van der Waals surface area contributed by atoms with Crippen molar-refractivity contribution in [2.24, 2.45) is 11.8 Å². The van der Waals surface area contributed by atoms with Gasteiger partial charge in [0.25, 0.3) is 0 Å². The number of ketones is 1. The van der Waals surface area contributed by atoms with Crippen LogP contribution in [-0.4, -0.2) is 36.4 Å². The minimum absolute atomic E-state index is 0.308. The highest BCUT2D eigenvalue weighted by Gasteiger charge is 2.39. The summed E-state index contributed by atoms with van der Waals surface area (Å²) in [7, 11) is 0. The Kier molecular flexibility index (Phi) is 2.79. The summed E-state index contributed by atoms with van der Waals surface area (Å²) < 4.78 is 0. The molecule has 2 fully saturated rings. The zero-order chi connectivity index (χ0) is 11.8.